The average Bonchev–Trinajstić information content (AvgIpc) is 2.98. The molecule has 2 aromatic rings. The lowest BCUT2D eigenvalue weighted by Gasteiger charge is -2.19. The van der Waals surface area contributed by atoms with E-state index in [4.69, 9.17) is 0 Å². The second kappa shape index (κ2) is 4.68. The van der Waals surface area contributed by atoms with Crippen LogP contribution in [0.5, 0.6) is 0 Å². The van der Waals surface area contributed by atoms with Gasteiger partial charge in [-0.3, -0.25) is 0 Å². The van der Waals surface area contributed by atoms with Crippen LogP contribution in [0.2, 0.25) is 0 Å². The molecule has 102 valence electrons. The van der Waals surface area contributed by atoms with Crippen molar-refractivity contribution in [3.05, 3.63) is 35.5 Å². The molecule has 19 heavy (non-hydrogen) atoms. The molecule has 1 unspecified atom stereocenters. The summed E-state index contributed by atoms with van der Waals surface area (Å²) in [5.41, 5.74) is 4.36. The van der Waals surface area contributed by atoms with Crippen molar-refractivity contribution in [2.24, 2.45) is 0 Å². The lowest BCUT2D eigenvalue weighted by molar-refractivity contribution is 0.590. The number of aromatic nitrogens is 1. The number of hydrogen-bond donors (Lipinski definition) is 2. The molecule has 0 saturated carbocycles. The fourth-order valence-electron chi connectivity index (χ4n) is 3.01. The fourth-order valence-corrected chi connectivity index (χ4v) is 3.01. The molecule has 2 heteroatoms. The van der Waals surface area contributed by atoms with E-state index in [0.717, 1.165) is 6.42 Å². The zero-order valence-electron chi connectivity index (χ0n) is 12.2. The Hall–Kier alpha value is -1.28. The minimum absolute atomic E-state index is 0.217. The Labute approximate surface area is 115 Å². The van der Waals surface area contributed by atoms with Gasteiger partial charge in [0.05, 0.1) is 0 Å². The van der Waals surface area contributed by atoms with E-state index in [1.807, 2.05) is 0 Å². The largest absolute Gasteiger partial charge is 0.361 e. The molecule has 1 saturated heterocycles. The summed E-state index contributed by atoms with van der Waals surface area (Å²) in [4.78, 5) is 3.41. The van der Waals surface area contributed by atoms with E-state index < -0.39 is 0 Å². The van der Waals surface area contributed by atoms with Crippen molar-refractivity contribution in [3.63, 3.8) is 0 Å². The highest BCUT2D eigenvalue weighted by Gasteiger charge is 2.18. The van der Waals surface area contributed by atoms with Crippen LogP contribution in [0.15, 0.2) is 24.4 Å². The van der Waals surface area contributed by atoms with Gasteiger partial charge in [0.15, 0.2) is 0 Å². The van der Waals surface area contributed by atoms with Crippen LogP contribution in [0.3, 0.4) is 0 Å². The van der Waals surface area contributed by atoms with Gasteiger partial charge in [0.25, 0.3) is 0 Å². The Bertz CT molecular complexity index is 568. The first-order valence-electron chi connectivity index (χ1n) is 7.38. The highest BCUT2D eigenvalue weighted by molar-refractivity contribution is 5.84. The zero-order chi connectivity index (χ0) is 13.5. The first kappa shape index (κ1) is 12.7. The van der Waals surface area contributed by atoms with Crippen molar-refractivity contribution < 1.29 is 0 Å². The van der Waals surface area contributed by atoms with Crippen molar-refractivity contribution in [3.8, 4) is 0 Å². The standard InChI is InChI=1S/C17H24N2/c1-17(2,3)13-6-7-16-15(10-13)12(11-19-16)9-14-5-4-8-18-14/h6-7,10-11,14,18-19H,4-5,8-9H2,1-3H3. The molecule has 1 aliphatic rings. The van der Waals surface area contributed by atoms with E-state index in [9.17, 15) is 0 Å². The van der Waals surface area contributed by atoms with E-state index in [0.29, 0.717) is 6.04 Å². The molecule has 0 bridgehead atoms. The Morgan fingerprint density at radius 3 is 2.79 bits per heavy atom. The van der Waals surface area contributed by atoms with Gasteiger partial charge < -0.3 is 10.3 Å². The topological polar surface area (TPSA) is 27.8 Å². The predicted molar refractivity (Wildman–Crippen MR) is 81.7 cm³/mol. The average molecular weight is 256 g/mol. The maximum Gasteiger partial charge on any atom is 0.0457 e. The summed E-state index contributed by atoms with van der Waals surface area (Å²) in [6.45, 7) is 8.01. The van der Waals surface area contributed by atoms with Gasteiger partial charge in [-0.15, -0.1) is 0 Å². The first-order chi connectivity index (χ1) is 9.04. The SMILES string of the molecule is CC(C)(C)c1ccc2[nH]cc(CC3CCCN3)c2c1. The van der Waals surface area contributed by atoms with E-state index in [2.05, 4.69) is 55.5 Å². The van der Waals surface area contributed by atoms with Crippen molar-refractivity contribution in [2.45, 2.75) is 51.5 Å². The Morgan fingerprint density at radius 1 is 1.26 bits per heavy atom. The molecular formula is C17H24N2. The molecule has 0 radical (unpaired) electrons. The van der Waals surface area contributed by atoms with Crippen molar-refractivity contribution in [2.75, 3.05) is 6.54 Å². The van der Waals surface area contributed by atoms with Gasteiger partial charge in [0, 0.05) is 23.1 Å². The lowest BCUT2D eigenvalue weighted by atomic mass is 9.86. The molecule has 0 aliphatic carbocycles. The number of H-pyrrole nitrogens is 1. The second-order valence-electron chi connectivity index (χ2n) is 6.82. The van der Waals surface area contributed by atoms with Crippen LogP contribution in [0, 0.1) is 0 Å². The number of rotatable bonds is 2. The van der Waals surface area contributed by atoms with Crippen LogP contribution in [-0.4, -0.2) is 17.6 Å². The minimum Gasteiger partial charge on any atom is -0.361 e. The van der Waals surface area contributed by atoms with Crippen LogP contribution in [-0.2, 0) is 11.8 Å². The smallest absolute Gasteiger partial charge is 0.0457 e. The molecule has 1 fully saturated rings. The van der Waals surface area contributed by atoms with Crippen LogP contribution in [0.25, 0.3) is 10.9 Å². The van der Waals surface area contributed by atoms with Gasteiger partial charge in [-0.25, -0.2) is 0 Å². The van der Waals surface area contributed by atoms with E-state index in [-0.39, 0.29) is 5.41 Å². The van der Waals surface area contributed by atoms with Gasteiger partial charge in [-0.05, 0) is 54.5 Å². The molecule has 1 aromatic heterocycles. The first-order valence-corrected chi connectivity index (χ1v) is 7.38. The molecular weight excluding hydrogens is 232 g/mol. The Kier molecular flexibility index (Phi) is 3.14. The fraction of sp³-hybridized carbons (Fsp3) is 0.529. The molecule has 1 aromatic carbocycles. The number of benzene rings is 1. The minimum atomic E-state index is 0.217. The van der Waals surface area contributed by atoms with E-state index >= 15 is 0 Å². The van der Waals surface area contributed by atoms with Crippen LogP contribution in [0.1, 0.15) is 44.7 Å². The van der Waals surface area contributed by atoms with Crippen LogP contribution in [0.4, 0.5) is 0 Å². The second-order valence-corrected chi connectivity index (χ2v) is 6.82. The van der Waals surface area contributed by atoms with Gasteiger partial charge >= 0.3 is 0 Å². The summed E-state index contributed by atoms with van der Waals surface area (Å²) >= 11 is 0. The van der Waals surface area contributed by atoms with Gasteiger partial charge in [-0.2, -0.15) is 0 Å². The maximum absolute atomic E-state index is 3.59. The molecule has 2 heterocycles. The van der Waals surface area contributed by atoms with Crippen molar-refractivity contribution in [1.29, 1.82) is 0 Å². The molecule has 3 rings (SSSR count). The molecule has 0 spiro atoms. The van der Waals surface area contributed by atoms with Crippen molar-refractivity contribution in [1.82, 2.24) is 10.3 Å². The third-order valence-electron chi connectivity index (χ3n) is 4.26. The Balaban J connectivity index is 1.95. The van der Waals surface area contributed by atoms with Crippen LogP contribution < -0.4 is 5.32 Å². The van der Waals surface area contributed by atoms with E-state index in [1.54, 1.807) is 0 Å². The van der Waals surface area contributed by atoms with Gasteiger partial charge in [-0.1, -0.05) is 26.8 Å². The van der Waals surface area contributed by atoms with Crippen molar-refractivity contribution >= 4 is 10.9 Å². The number of aromatic amines is 1. The summed E-state index contributed by atoms with van der Waals surface area (Å²) in [6.07, 6.45) is 5.97. The normalized spacial score (nSPS) is 20.3. The molecule has 2 nitrogen and oxygen atoms in total. The van der Waals surface area contributed by atoms with Gasteiger partial charge in [0.2, 0.25) is 0 Å². The third-order valence-corrected chi connectivity index (χ3v) is 4.26. The summed E-state index contributed by atoms with van der Waals surface area (Å²) in [7, 11) is 0. The summed E-state index contributed by atoms with van der Waals surface area (Å²) < 4.78 is 0. The number of nitrogens with one attached hydrogen (secondary N) is 2. The van der Waals surface area contributed by atoms with E-state index in [1.165, 1.54) is 41.4 Å². The quantitative estimate of drug-likeness (QED) is 0.841. The molecule has 0 amide bonds. The number of hydrogen-bond acceptors (Lipinski definition) is 1. The summed E-state index contributed by atoms with van der Waals surface area (Å²) in [5.74, 6) is 0. The highest BCUT2D eigenvalue weighted by Crippen LogP contribution is 2.28. The van der Waals surface area contributed by atoms with Crippen LogP contribution >= 0.6 is 0 Å². The molecule has 1 atom stereocenters. The molecule has 2 N–H and O–H groups in total. The predicted octanol–water partition coefficient (Wildman–Crippen LogP) is 3.76. The lowest BCUT2D eigenvalue weighted by Crippen LogP contribution is -2.23. The monoisotopic (exact) mass is 256 g/mol. The Morgan fingerprint density at radius 2 is 2.11 bits per heavy atom. The number of fused-ring (bicyclic) bond motifs is 1. The van der Waals surface area contributed by atoms with Gasteiger partial charge in [0.1, 0.15) is 0 Å². The third kappa shape index (κ3) is 2.55. The zero-order valence-corrected chi connectivity index (χ0v) is 12.2. The highest BCUT2D eigenvalue weighted by atomic mass is 14.9. The summed E-state index contributed by atoms with van der Waals surface area (Å²) in [5, 5.41) is 4.99. The summed E-state index contributed by atoms with van der Waals surface area (Å²) in [6, 6.07) is 7.51. The molecule has 1 aliphatic heterocycles. The maximum atomic E-state index is 3.59.